The predicted molar refractivity (Wildman–Crippen MR) is 71.2 cm³/mol. The lowest BCUT2D eigenvalue weighted by Gasteiger charge is -2.22. The standard InChI is InChI=1S/C15H19NO/c1-15(2,3)13-9-11(10-17-4)16-14-8-6-5-7-12(13)14/h5-9H,10H2,1-4H3. The van der Waals surface area contributed by atoms with Gasteiger partial charge in [0.2, 0.25) is 0 Å². The van der Waals surface area contributed by atoms with Crippen LogP contribution in [0, 0.1) is 0 Å². The Hall–Kier alpha value is -1.41. The molecule has 0 aliphatic rings. The molecule has 0 saturated heterocycles. The number of benzene rings is 1. The van der Waals surface area contributed by atoms with Crippen molar-refractivity contribution >= 4 is 10.9 Å². The minimum Gasteiger partial charge on any atom is -0.378 e. The first-order chi connectivity index (χ1) is 8.02. The van der Waals surface area contributed by atoms with Gasteiger partial charge in [-0.15, -0.1) is 0 Å². The van der Waals surface area contributed by atoms with E-state index in [-0.39, 0.29) is 5.41 Å². The molecular weight excluding hydrogens is 210 g/mol. The van der Waals surface area contributed by atoms with Gasteiger partial charge in [0, 0.05) is 12.5 Å². The number of ether oxygens (including phenoxy) is 1. The Morgan fingerprint density at radius 2 is 1.88 bits per heavy atom. The smallest absolute Gasteiger partial charge is 0.0884 e. The summed E-state index contributed by atoms with van der Waals surface area (Å²) in [6, 6.07) is 10.4. The zero-order valence-electron chi connectivity index (χ0n) is 10.9. The number of methoxy groups -OCH3 is 1. The molecule has 0 aliphatic carbocycles. The van der Waals surface area contributed by atoms with Crippen LogP contribution in [0.4, 0.5) is 0 Å². The Morgan fingerprint density at radius 3 is 2.53 bits per heavy atom. The summed E-state index contributed by atoms with van der Waals surface area (Å²) >= 11 is 0. The number of fused-ring (bicyclic) bond motifs is 1. The lowest BCUT2D eigenvalue weighted by Crippen LogP contribution is -2.13. The van der Waals surface area contributed by atoms with E-state index in [9.17, 15) is 0 Å². The van der Waals surface area contributed by atoms with Crippen LogP contribution in [-0.4, -0.2) is 12.1 Å². The number of aromatic nitrogens is 1. The molecule has 2 aromatic rings. The van der Waals surface area contributed by atoms with E-state index in [2.05, 4.69) is 50.0 Å². The Balaban J connectivity index is 2.69. The van der Waals surface area contributed by atoms with Gasteiger partial charge in [0.05, 0.1) is 17.8 Å². The van der Waals surface area contributed by atoms with E-state index < -0.39 is 0 Å². The lowest BCUT2D eigenvalue weighted by molar-refractivity contribution is 0.181. The van der Waals surface area contributed by atoms with Gasteiger partial charge in [-0.05, 0) is 23.1 Å². The van der Waals surface area contributed by atoms with Crippen molar-refractivity contribution in [2.75, 3.05) is 7.11 Å². The third-order valence-corrected chi connectivity index (χ3v) is 2.87. The average Bonchev–Trinajstić information content (AvgIpc) is 2.27. The molecule has 1 aromatic heterocycles. The Morgan fingerprint density at radius 1 is 1.18 bits per heavy atom. The van der Waals surface area contributed by atoms with Gasteiger partial charge in [0.25, 0.3) is 0 Å². The second kappa shape index (κ2) is 4.46. The lowest BCUT2D eigenvalue weighted by atomic mass is 9.84. The minimum atomic E-state index is 0.116. The van der Waals surface area contributed by atoms with Crippen LogP contribution in [0.15, 0.2) is 30.3 Å². The molecular formula is C15H19NO. The van der Waals surface area contributed by atoms with E-state index in [0.29, 0.717) is 6.61 Å². The monoisotopic (exact) mass is 229 g/mol. The summed E-state index contributed by atoms with van der Waals surface area (Å²) in [6.07, 6.45) is 0. The third-order valence-electron chi connectivity index (χ3n) is 2.87. The van der Waals surface area contributed by atoms with Crippen LogP contribution < -0.4 is 0 Å². The number of hydrogen-bond donors (Lipinski definition) is 0. The molecule has 2 rings (SSSR count). The number of rotatable bonds is 2. The largest absolute Gasteiger partial charge is 0.378 e. The van der Waals surface area contributed by atoms with E-state index in [1.807, 2.05) is 6.07 Å². The van der Waals surface area contributed by atoms with Gasteiger partial charge in [0.1, 0.15) is 0 Å². The molecule has 1 aromatic carbocycles. The van der Waals surface area contributed by atoms with Crippen molar-refractivity contribution in [2.45, 2.75) is 32.8 Å². The molecule has 0 unspecified atom stereocenters. The highest BCUT2D eigenvalue weighted by atomic mass is 16.5. The average molecular weight is 229 g/mol. The van der Waals surface area contributed by atoms with Gasteiger partial charge in [-0.25, -0.2) is 0 Å². The topological polar surface area (TPSA) is 22.1 Å². The maximum absolute atomic E-state index is 5.18. The Labute approximate surface area is 103 Å². The highest BCUT2D eigenvalue weighted by Gasteiger charge is 2.18. The predicted octanol–water partition coefficient (Wildman–Crippen LogP) is 3.68. The molecule has 1 heterocycles. The maximum Gasteiger partial charge on any atom is 0.0884 e. The Kier molecular flexibility index (Phi) is 3.16. The molecule has 0 N–H and O–H groups in total. The van der Waals surface area contributed by atoms with Crippen molar-refractivity contribution < 1.29 is 4.74 Å². The van der Waals surface area contributed by atoms with Crippen LogP contribution in [0.5, 0.6) is 0 Å². The first-order valence-corrected chi connectivity index (χ1v) is 5.90. The van der Waals surface area contributed by atoms with Gasteiger partial charge < -0.3 is 4.74 Å². The van der Waals surface area contributed by atoms with Gasteiger partial charge in [-0.3, -0.25) is 4.98 Å². The molecule has 0 amide bonds. The number of pyridine rings is 1. The summed E-state index contributed by atoms with van der Waals surface area (Å²) in [6.45, 7) is 7.25. The summed E-state index contributed by atoms with van der Waals surface area (Å²) in [7, 11) is 1.70. The van der Waals surface area contributed by atoms with Crippen molar-refractivity contribution in [3.05, 3.63) is 41.6 Å². The fourth-order valence-electron chi connectivity index (χ4n) is 2.07. The van der Waals surface area contributed by atoms with Crippen LogP contribution in [0.25, 0.3) is 10.9 Å². The van der Waals surface area contributed by atoms with Crippen molar-refractivity contribution in [3.63, 3.8) is 0 Å². The van der Waals surface area contributed by atoms with Crippen molar-refractivity contribution in [2.24, 2.45) is 0 Å². The van der Waals surface area contributed by atoms with Crippen LogP contribution in [0.2, 0.25) is 0 Å². The van der Waals surface area contributed by atoms with Gasteiger partial charge in [-0.1, -0.05) is 39.0 Å². The van der Waals surface area contributed by atoms with Crippen LogP contribution in [-0.2, 0) is 16.8 Å². The Bertz CT molecular complexity index is 526. The normalized spacial score (nSPS) is 12.0. The molecule has 0 fully saturated rings. The van der Waals surface area contributed by atoms with Gasteiger partial charge in [0.15, 0.2) is 0 Å². The first-order valence-electron chi connectivity index (χ1n) is 5.90. The van der Waals surface area contributed by atoms with Crippen molar-refractivity contribution in [1.82, 2.24) is 4.98 Å². The van der Waals surface area contributed by atoms with E-state index >= 15 is 0 Å². The van der Waals surface area contributed by atoms with E-state index in [4.69, 9.17) is 4.74 Å². The van der Waals surface area contributed by atoms with Crippen molar-refractivity contribution in [1.29, 1.82) is 0 Å². The second-order valence-electron chi connectivity index (χ2n) is 5.36. The second-order valence-corrected chi connectivity index (χ2v) is 5.36. The highest BCUT2D eigenvalue weighted by molar-refractivity contribution is 5.83. The molecule has 2 heteroatoms. The summed E-state index contributed by atoms with van der Waals surface area (Å²) in [4.78, 5) is 4.61. The molecule has 0 bridgehead atoms. The zero-order valence-corrected chi connectivity index (χ0v) is 10.9. The molecule has 17 heavy (non-hydrogen) atoms. The molecule has 0 radical (unpaired) electrons. The number of hydrogen-bond acceptors (Lipinski definition) is 2. The van der Waals surface area contributed by atoms with E-state index in [1.165, 1.54) is 10.9 Å². The SMILES string of the molecule is COCc1cc(C(C)(C)C)c2ccccc2n1. The molecule has 90 valence electrons. The highest BCUT2D eigenvalue weighted by Crippen LogP contribution is 2.29. The summed E-state index contributed by atoms with van der Waals surface area (Å²) < 4.78 is 5.18. The first kappa shape index (κ1) is 12.1. The number of nitrogens with zero attached hydrogens (tertiary/aromatic N) is 1. The van der Waals surface area contributed by atoms with Crippen LogP contribution in [0.3, 0.4) is 0 Å². The zero-order chi connectivity index (χ0) is 12.5. The molecule has 0 spiro atoms. The molecule has 2 nitrogen and oxygen atoms in total. The van der Waals surface area contributed by atoms with Crippen LogP contribution >= 0.6 is 0 Å². The van der Waals surface area contributed by atoms with Gasteiger partial charge in [-0.2, -0.15) is 0 Å². The van der Waals surface area contributed by atoms with Crippen LogP contribution in [0.1, 0.15) is 32.0 Å². The quantitative estimate of drug-likeness (QED) is 0.783. The summed E-state index contributed by atoms with van der Waals surface area (Å²) in [5.41, 5.74) is 3.49. The van der Waals surface area contributed by atoms with Gasteiger partial charge >= 0.3 is 0 Å². The fourth-order valence-corrected chi connectivity index (χ4v) is 2.07. The fraction of sp³-hybridized carbons (Fsp3) is 0.400. The minimum absolute atomic E-state index is 0.116. The maximum atomic E-state index is 5.18. The molecule has 0 saturated carbocycles. The number of para-hydroxylation sites is 1. The molecule has 0 aliphatic heterocycles. The molecule has 0 atom stereocenters. The summed E-state index contributed by atoms with van der Waals surface area (Å²) in [5, 5.41) is 1.24. The third kappa shape index (κ3) is 2.47. The van der Waals surface area contributed by atoms with E-state index in [1.54, 1.807) is 7.11 Å². The summed E-state index contributed by atoms with van der Waals surface area (Å²) in [5.74, 6) is 0. The van der Waals surface area contributed by atoms with E-state index in [0.717, 1.165) is 11.2 Å². The van der Waals surface area contributed by atoms with Crippen molar-refractivity contribution in [3.8, 4) is 0 Å².